The van der Waals surface area contributed by atoms with E-state index in [9.17, 15) is 19.8 Å². The molecule has 9 nitrogen and oxygen atoms in total. The molecule has 2 aliphatic rings. The predicted molar refractivity (Wildman–Crippen MR) is 123 cm³/mol. The molecule has 3 heterocycles. The smallest absolute Gasteiger partial charge is 0.309 e. The number of aromatic nitrogens is 1. The maximum Gasteiger partial charge on any atom is 0.309 e. The highest BCUT2D eigenvalue weighted by molar-refractivity contribution is 6.25. The third-order valence-electron chi connectivity index (χ3n) is 6.71. The molecule has 2 saturated heterocycles. The van der Waals surface area contributed by atoms with Gasteiger partial charge in [-0.3, -0.25) is 9.59 Å². The van der Waals surface area contributed by atoms with E-state index < -0.39 is 70.7 Å². The Morgan fingerprint density at radius 1 is 1.29 bits per heavy atom. The van der Waals surface area contributed by atoms with Crippen LogP contribution in [0.5, 0.6) is 0 Å². The minimum atomic E-state index is -1.42. The SMILES string of the molecule is Cc1nc(C=C(F)[C@@H]2C[C@@H]3O[C@]3(Cl)COC[C@H](C)[C@H](O)[C@@H](C)C(=O)C(C)(C)[C@@H](O)CC(=O)O2)co1. The number of cyclic esters (lactones) is 1. The number of nitrogens with zero attached hydrogens (tertiary/aromatic N) is 1. The number of aliphatic hydroxyl groups is 2. The number of epoxide rings is 1. The van der Waals surface area contributed by atoms with Crippen LogP contribution in [0.4, 0.5) is 4.39 Å². The van der Waals surface area contributed by atoms with Crippen molar-refractivity contribution in [3.05, 3.63) is 23.7 Å². The molecule has 0 spiro atoms. The number of carbonyl (C=O) groups is 2. The third kappa shape index (κ3) is 6.48. The van der Waals surface area contributed by atoms with E-state index in [4.69, 9.17) is 30.2 Å². The van der Waals surface area contributed by atoms with Gasteiger partial charge < -0.3 is 28.8 Å². The van der Waals surface area contributed by atoms with Gasteiger partial charge in [-0.25, -0.2) is 9.37 Å². The number of ketones is 1. The molecule has 2 fully saturated rings. The summed E-state index contributed by atoms with van der Waals surface area (Å²) in [6.45, 7) is 7.93. The predicted octanol–water partition coefficient (Wildman–Crippen LogP) is 2.94. The number of rotatable bonds is 2. The Balaban J connectivity index is 1.85. The number of aliphatic hydroxyl groups excluding tert-OH is 2. The lowest BCUT2D eigenvalue weighted by atomic mass is 9.73. The van der Waals surface area contributed by atoms with Gasteiger partial charge in [-0.05, 0) is 0 Å². The molecule has 2 N–H and O–H groups in total. The summed E-state index contributed by atoms with van der Waals surface area (Å²) in [4.78, 5) is 29.8. The Morgan fingerprint density at radius 2 is 1.97 bits per heavy atom. The van der Waals surface area contributed by atoms with Crippen molar-refractivity contribution in [3.8, 4) is 0 Å². The van der Waals surface area contributed by atoms with E-state index in [2.05, 4.69) is 4.98 Å². The molecule has 0 unspecified atom stereocenters. The van der Waals surface area contributed by atoms with Crippen LogP contribution in [0, 0.1) is 24.2 Å². The quantitative estimate of drug-likeness (QED) is 0.345. The van der Waals surface area contributed by atoms with Crippen molar-refractivity contribution in [1.82, 2.24) is 4.98 Å². The number of halogens is 2. The van der Waals surface area contributed by atoms with E-state index in [0.29, 0.717) is 5.89 Å². The lowest BCUT2D eigenvalue weighted by Gasteiger charge is -2.34. The van der Waals surface area contributed by atoms with Gasteiger partial charge in [0, 0.05) is 31.3 Å². The molecule has 0 saturated carbocycles. The Hall–Kier alpha value is -1.85. The zero-order chi connectivity index (χ0) is 26.1. The van der Waals surface area contributed by atoms with Crippen LogP contribution in [-0.2, 0) is 23.8 Å². The highest BCUT2D eigenvalue weighted by atomic mass is 35.5. The van der Waals surface area contributed by atoms with Gasteiger partial charge in [0.1, 0.15) is 29.7 Å². The van der Waals surface area contributed by atoms with Crippen molar-refractivity contribution < 1.29 is 42.8 Å². The van der Waals surface area contributed by atoms with Gasteiger partial charge in [0.05, 0.1) is 37.3 Å². The fraction of sp³-hybridized carbons (Fsp3) is 0.708. The molecular formula is C24H33ClFNO8. The molecule has 35 heavy (non-hydrogen) atoms. The van der Waals surface area contributed by atoms with Gasteiger partial charge in [0.15, 0.2) is 17.1 Å². The van der Waals surface area contributed by atoms with Crippen LogP contribution in [0.15, 0.2) is 16.5 Å². The van der Waals surface area contributed by atoms with Crippen molar-refractivity contribution >= 4 is 29.4 Å². The minimum absolute atomic E-state index is 0.0443. The summed E-state index contributed by atoms with van der Waals surface area (Å²) in [7, 11) is 0. The zero-order valence-electron chi connectivity index (χ0n) is 20.5. The van der Waals surface area contributed by atoms with Crippen LogP contribution in [0.2, 0.25) is 0 Å². The summed E-state index contributed by atoms with van der Waals surface area (Å²) in [6.07, 6.45) is -2.83. The molecule has 0 aliphatic carbocycles. The number of ether oxygens (including phenoxy) is 3. The average Bonchev–Trinajstić information content (AvgIpc) is 3.22. The van der Waals surface area contributed by atoms with E-state index >= 15 is 4.39 Å². The molecule has 7 atom stereocenters. The first-order chi connectivity index (χ1) is 16.2. The van der Waals surface area contributed by atoms with Gasteiger partial charge in [-0.2, -0.15) is 0 Å². The molecular weight excluding hydrogens is 485 g/mol. The number of oxazole rings is 1. The number of Topliss-reactive ketones (excluding diaryl/α,β-unsaturated/α-hetero) is 1. The summed E-state index contributed by atoms with van der Waals surface area (Å²) in [6, 6.07) is 0. The van der Waals surface area contributed by atoms with Gasteiger partial charge in [0.2, 0.25) is 0 Å². The van der Waals surface area contributed by atoms with Crippen LogP contribution >= 0.6 is 11.6 Å². The highest BCUT2D eigenvalue weighted by Crippen LogP contribution is 2.45. The topological polar surface area (TPSA) is 132 Å². The minimum Gasteiger partial charge on any atom is -0.455 e. The van der Waals surface area contributed by atoms with Crippen molar-refractivity contribution in [3.63, 3.8) is 0 Å². The largest absolute Gasteiger partial charge is 0.455 e. The lowest BCUT2D eigenvalue weighted by Crippen LogP contribution is -2.46. The van der Waals surface area contributed by atoms with Crippen LogP contribution in [0.3, 0.4) is 0 Å². The third-order valence-corrected chi connectivity index (χ3v) is 7.15. The van der Waals surface area contributed by atoms with Crippen molar-refractivity contribution in [2.24, 2.45) is 17.3 Å². The van der Waals surface area contributed by atoms with Crippen LogP contribution in [0.1, 0.15) is 52.1 Å². The molecule has 11 heteroatoms. The molecule has 1 aromatic rings. The molecule has 3 rings (SSSR count). The maximum atomic E-state index is 15.2. The molecule has 0 bridgehead atoms. The van der Waals surface area contributed by atoms with Gasteiger partial charge >= 0.3 is 5.97 Å². The Labute approximate surface area is 208 Å². The second-order valence-electron chi connectivity index (χ2n) is 10.0. The van der Waals surface area contributed by atoms with E-state index in [1.54, 1.807) is 20.8 Å². The van der Waals surface area contributed by atoms with Crippen molar-refractivity contribution in [2.45, 2.75) is 76.9 Å². The van der Waals surface area contributed by atoms with E-state index in [0.717, 1.165) is 6.08 Å². The number of hydrogen-bond donors (Lipinski definition) is 2. The Kier molecular flexibility index (Phi) is 8.43. The molecule has 0 amide bonds. The van der Waals surface area contributed by atoms with Crippen LogP contribution < -0.4 is 0 Å². The Morgan fingerprint density at radius 3 is 2.60 bits per heavy atom. The zero-order valence-corrected chi connectivity index (χ0v) is 21.3. The number of hydrogen-bond acceptors (Lipinski definition) is 9. The highest BCUT2D eigenvalue weighted by Gasteiger charge is 2.57. The number of esters is 1. The van der Waals surface area contributed by atoms with Crippen LogP contribution in [-0.4, -0.2) is 69.6 Å². The van der Waals surface area contributed by atoms with Gasteiger partial charge in [-0.15, -0.1) is 0 Å². The van der Waals surface area contributed by atoms with Crippen molar-refractivity contribution in [2.75, 3.05) is 13.2 Å². The summed E-state index contributed by atoms with van der Waals surface area (Å²) >= 11 is 6.43. The van der Waals surface area contributed by atoms with Gasteiger partial charge in [0.25, 0.3) is 0 Å². The van der Waals surface area contributed by atoms with E-state index in [1.165, 1.54) is 20.1 Å². The van der Waals surface area contributed by atoms with E-state index in [-0.39, 0.29) is 25.3 Å². The summed E-state index contributed by atoms with van der Waals surface area (Å²) in [5.74, 6) is -3.06. The monoisotopic (exact) mass is 517 g/mol. The number of carbonyl (C=O) groups excluding carboxylic acids is 2. The average molecular weight is 518 g/mol. The number of fused-ring (bicyclic) bond motifs is 1. The van der Waals surface area contributed by atoms with Crippen molar-refractivity contribution in [1.29, 1.82) is 0 Å². The second-order valence-corrected chi connectivity index (χ2v) is 10.6. The standard InChI is InChI=1S/C24H33ClFNO8/c1-12-9-32-11-24(25)19(35-24)7-17(16(26)6-15-10-33-14(3)27-15)34-20(29)8-18(28)23(4,5)22(31)13(2)21(12)30/h6,10,12-13,17-19,21,28,30H,7-9,11H2,1-5H3/t12-,13+,17-,18-,19-,21-,24+/m0/s1. The molecule has 1 aromatic heterocycles. The van der Waals surface area contributed by atoms with Crippen LogP contribution in [0.25, 0.3) is 6.08 Å². The lowest BCUT2D eigenvalue weighted by molar-refractivity contribution is -0.155. The van der Waals surface area contributed by atoms with E-state index in [1.807, 2.05) is 0 Å². The Bertz CT molecular complexity index is 965. The molecule has 0 radical (unpaired) electrons. The number of aryl methyl sites for hydroxylation is 1. The summed E-state index contributed by atoms with van der Waals surface area (Å²) < 4.78 is 36.7. The molecule has 196 valence electrons. The molecule has 2 aliphatic heterocycles. The van der Waals surface area contributed by atoms with Gasteiger partial charge in [-0.1, -0.05) is 39.3 Å². The number of alkyl halides is 1. The first kappa shape index (κ1) is 27.7. The molecule has 0 aromatic carbocycles. The normalized spacial score (nSPS) is 37.5. The first-order valence-corrected chi connectivity index (χ1v) is 12.0. The fourth-order valence-electron chi connectivity index (χ4n) is 4.15. The maximum absolute atomic E-state index is 15.2. The summed E-state index contributed by atoms with van der Waals surface area (Å²) in [5.41, 5.74) is -1.17. The summed E-state index contributed by atoms with van der Waals surface area (Å²) in [5, 5.41) is 20.1. The fourth-order valence-corrected chi connectivity index (χ4v) is 4.42. The second kappa shape index (κ2) is 10.6. The first-order valence-electron chi connectivity index (χ1n) is 11.6.